The summed E-state index contributed by atoms with van der Waals surface area (Å²) in [5.41, 5.74) is 3.40. The van der Waals surface area contributed by atoms with E-state index in [4.69, 9.17) is 4.99 Å². The predicted octanol–water partition coefficient (Wildman–Crippen LogP) is 4.08. The van der Waals surface area contributed by atoms with E-state index in [2.05, 4.69) is 24.0 Å². The first-order valence-electron chi connectivity index (χ1n) is 8.26. The molecule has 0 saturated heterocycles. The van der Waals surface area contributed by atoms with Crippen LogP contribution in [-0.2, 0) is 4.79 Å². The van der Waals surface area contributed by atoms with Crippen LogP contribution in [0, 0.1) is 24.1 Å². The van der Waals surface area contributed by atoms with Gasteiger partial charge in [0.2, 0.25) is 0 Å². The molecule has 1 N–H and O–H groups in total. The van der Waals surface area contributed by atoms with E-state index in [9.17, 15) is 9.18 Å². The molecule has 4 nitrogen and oxygen atoms in total. The van der Waals surface area contributed by atoms with Crippen LogP contribution < -0.4 is 0 Å². The van der Waals surface area contributed by atoms with Crippen LogP contribution in [0.5, 0.6) is 0 Å². The van der Waals surface area contributed by atoms with Crippen molar-refractivity contribution >= 4 is 17.3 Å². The van der Waals surface area contributed by atoms with E-state index < -0.39 is 0 Å². The number of hydrogen-bond acceptors (Lipinski definition) is 3. The Morgan fingerprint density at radius 3 is 2.79 bits per heavy atom. The number of halogens is 1. The molecule has 24 heavy (non-hydrogen) atoms. The Kier molecular flexibility index (Phi) is 3.24. The van der Waals surface area contributed by atoms with Crippen molar-refractivity contribution in [2.75, 3.05) is 0 Å². The van der Waals surface area contributed by atoms with E-state index in [0.29, 0.717) is 12.2 Å². The lowest BCUT2D eigenvalue weighted by Crippen LogP contribution is -2.42. The number of rotatable bonds is 1. The van der Waals surface area contributed by atoms with Gasteiger partial charge in [0, 0.05) is 29.3 Å². The summed E-state index contributed by atoms with van der Waals surface area (Å²) in [6, 6.07) is 6.54. The molecule has 5 heteroatoms. The molecule has 1 aliphatic heterocycles. The van der Waals surface area contributed by atoms with E-state index in [1.165, 1.54) is 12.1 Å². The fraction of sp³-hybridized carbons (Fsp3) is 0.421. The molecule has 2 unspecified atom stereocenters. The number of H-pyrrole nitrogens is 1. The molecule has 0 bridgehead atoms. The molecule has 1 fully saturated rings. The molecule has 0 radical (unpaired) electrons. The molecular formula is C19H20FN3O. The molecule has 4 rings (SSSR count). The number of ketones is 1. The average Bonchev–Trinajstić information content (AvgIpc) is 2.85. The Balaban J connectivity index is 1.92. The monoisotopic (exact) mass is 325 g/mol. The second kappa shape index (κ2) is 5.10. The van der Waals surface area contributed by atoms with Crippen LogP contribution in [0.2, 0.25) is 0 Å². The molecule has 2 aromatic rings. The minimum Gasteiger partial charge on any atom is -0.299 e. The molecule has 124 valence electrons. The van der Waals surface area contributed by atoms with Gasteiger partial charge in [0.15, 0.2) is 5.82 Å². The molecule has 1 saturated carbocycles. The molecule has 1 aromatic heterocycles. The fourth-order valence-corrected chi connectivity index (χ4v) is 4.16. The van der Waals surface area contributed by atoms with Gasteiger partial charge in [0.05, 0.1) is 5.92 Å². The van der Waals surface area contributed by atoms with Gasteiger partial charge in [0.25, 0.3) is 0 Å². The second-order valence-corrected chi connectivity index (χ2v) is 7.68. The molecule has 0 spiro atoms. The van der Waals surface area contributed by atoms with Gasteiger partial charge < -0.3 is 0 Å². The van der Waals surface area contributed by atoms with Crippen molar-refractivity contribution in [3.63, 3.8) is 0 Å². The van der Waals surface area contributed by atoms with Crippen molar-refractivity contribution in [2.24, 2.45) is 16.3 Å². The van der Waals surface area contributed by atoms with Gasteiger partial charge in [-0.1, -0.05) is 26.0 Å². The number of nitrogens with one attached hydrogen (secondary N) is 1. The Morgan fingerprint density at radius 2 is 2.04 bits per heavy atom. The summed E-state index contributed by atoms with van der Waals surface area (Å²) in [4.78, 5) is 17.6. The smallest absolute Gasteiger partial charge is 0.177 e. The second-order valence-electron chi connectivity index (χ2n) is 7.68. The first-order chi connectivity index (χ1) is 11.4. The normalized spacial score (nSPS) is 25.0. The van der Waals surface area contributed by atoms with Gasteiger partial charge in [-0.3, -0.25) is 9.89 Å². The van der Waals surface area contributed by atoms with Gasteiger partial charge in [0.1, 0.15) is 11.6 Å². The van der Waals surface area contributed by atoms with Gasteiger partial charge in [-0.15, -0.1) is 0 Å². The number of carbonyl (C=O) groups excluding carboxylic acids is 1. The van der Waals surface area contributed by atoms with E-state index >= 15 is 0 Å². The Bertz CT molecular complexity index is 865. The number of aromatic nitrogens is 2. The minimum atomic E-state index is -0.316. The summed E-state index contributed by atoms with van der Waals surface area (Å²) in [6.07, 6.45) is 1.29. The van der Waals surface area contributed by atoms with Crippen LogP contribution in [0.3, 0.4) is 0 Å². The molecular weight excluding hydrogens is 305 g/mol. The third kappa shape index (κ3) is 2.30. The lowest BCUT2D eigenvalue weighted by molar-refractivity contribution is -0.124. The number of aliphatic imine (C=N–C) groups is 1. The van der Waals surface area contributed by atoms with Crippen molar-refractivity contribution in [2.45, 2.75) is 39.5 Å². The maximum atomic E-state index is 13.8. The Labute approximate surface area is 140 Å². The summed E-state index contributed by atoms with van der Waals surface area (Å²) in [7, 11) is 0. The van der Waals surface area contributed by atoms with Crippen LogP contribution in [-0.4, -0.2) is 21.7 Å². The standard InChI is InChI=1S/C19H20FN3O/c1-10-15-16(11-5-4-6-12(20)7-11)17-13(21-18(15)23-22-10)8-19(2,3)9-14(17)24/h4-7,16-17H,8-9H2,1-3H3,(H,22,23). The highest BCUT2D eigenvalue weighted by Crippen LogP contribution is 2.49. The van der Waals surface area contributed by atoms with Crippen molar-refractivity contribution in [1.29, 1.82) is 0 Å². The van der Waals surface area contributed by atoms with Crippen LogP contribution in [0.4, 0.5) is 10.2 Å². The van der Waals surface area contributed by atoms with E-state index in [1.54, 1.807) is 6.07 Å². The zero-order valence-corrected chi connectivity index (χ0v) is 14.1. The summed E-state index contributed by atoms with van der Waals surface area (Å²) >= 11 is 0. The average molecular weight is 325 g/mol. The summed E-state index contributed by atoms with van der Waals surface area (Å²) in [5.74, 6) is 0.000968. The van der Waals surface area contributed by atoms with Gasteiger partial charge in [-0.25, -0.2) is 9.38 Å². The highest BCUT2D eigenvalue weighted by molar-refractivity contribution is 6.11. The summed E-state index contributed by atoms with van der Waals surface area (Å²) in [6.45, 7) is 6.11. The number of aryl methyl sites for hydroxylation is 1. The van der Waals surface area contributed by atoms with Crippen molar-refractivity contribution < 1.29 is 9.18 Å². The van der Waals surface area contributed by atoms with Crippen molar-refractivity contribution in [3.8, 4) is 0 Å². The molecule has 2 aliphatic rings. The van der Waals surface area contributed by atoms with Crippen molar-refractivity contribution in [3.05, 3.63) is 46.9 Å². The van der Waals surface area contributed by atoms with Crippen LogP contribution in [0.1, 0.15) is 49.4 Å². The molecule has 0 amide bonds. The molecule has 1 aliphatic carbocycles. The molecule has 1 aromatic carbocycles. The molecule has 2 heterocycles. The highest BCUT2D eigenvalue weighted by atomic mass is 19.1. The first-order valence-corrected chi connectivity index (χ1v) is 8.26. The zero-order chi connectivity index (χ0) is 17.1. The third-order valence-electron chi connectivity index (χ3n) is 5.09. The summed E-state index contributed by atoms with van der Waals surface area (Å²) < 4.78 is 13.8. The number of Topliss-reactive ketones (excluding diaryl/α,β-unsaturated/α-hetero) is 1. The molecule has 2 atom stereocenters. The largest absolute Gasteiger partial charge is 0.299 e. The predicted molar refractivity (Wildman–Crippen MR) is 90.2 cm³/mol. The van der Waals surface area contributed by atoms with Crippen LogP contribution >= 0.6 is 0 Å². The quantitative estimate of drug-likeness (QED) is 0.859. The zero-order valence-electron chi connectivity index (χ0n) is 14.1. The van der Waals surface area contributed by atoms with Crippen LogP contribution in [0.25, 0.3) is 0 Å². The topological polar surface area (TPSA) is 58.1 Å². The maximum Gasteiger partial charge on any atom is 0.177 e. The SMILES string of the molecule is Cc1[nH]nc2c1C(c1cccc(F)c1)C1C(=O)CC(C)(C)CC1=N2. The first kappa shape index (κ1) is 15.2. The fourth-order valence-electron chi connectivity index (χ4n) is 4.16. The summed E-state index contributed by atoms with van der Waals surface area (Å²) in [5, 5.41) is 7.28. The van der Waals surface area contributed by atoms with E-state index in [1.807, 2.05) is 13.0 Å². The lowest BCUT2D eigenvalue weighted by Gasteiger charge is -2.40. The number of fused-ring (bicyclic) bond motifs is 2. The number of carbonyl (C=O) groups is 1. The van der Waals surface area contributed by atoms with Crippen LogP contribution in [0.15, 0.2) is 29.3 Å². The number of nitrogens with zero attached hydrogens (tertiary/aromatic N) is 2. The Hall–Kier alpha value is -2.30. The van der Waals surface area contributed by atoms with E-state index in [0.717, 1.165) is 29.0 Å². The highest BCUT2D eigenvalue weighted by Gasteiger charge is 2.46. The Morgan fingerprint density at radius 1 is 1.25 bits per heavy atom. The number of benzene rings is 1. The maximum absolute atomic E-state index is 13.8. The van der Waals surface area contributed by atoms with E-state index in [-0.39, 0.29) is 28.9 Å². The van der Waals surface area contributed by atoms with Gasteiger partial charge >= 0.3 is 0 Å². The minimum absolute atomic E-state index is 0.0955. The number of aromatic amines is 1. The lowest BCUT2D eigenvalue weighted by atomic mass is 9.64. The van der Waals surface area contributed by atoms with Crippen molar-refractivity contribution in [1.82, 2.24) is 10.2 Å². The number of hydrogen-bond donors (Lipinski definition) is 1. The third-order valence-corrected chi connectivity index (χ3v) is 5.09. The van der Waals surface area contributed by atoms with Gasteiger partial charge in [-0.05, 0) is 36.5 Å². The van der Waals surface area contributed by atoms with Gasteiger partial charge in [-0.2, -0.15) is 5.10 Å².